The molecule has 96 valence electrons. The lowest BCUT2D eigenvalue weighted by Crippen LogP contribution is -1.92. The zero-order chi connectivity index (χ0) is 13.1. The highest BCUT2D eigenvalue weighted by atomic mass is 79.9. The molecule has 0 bridgehead atoms. The summed E-state index contributed by atoms with van der Waals surface area (Å²) in [6, 6.07) is 5.57. The van der Waals surface area contributed by atoms with Crippen molar-refractivity contribution in [3.8, 4) is 11.5 Å². The van der Waals surface area contributed by atoms with Crippen molar-refractivity contribution in [2.45, 2.75) is 24.9 Å². The fraction of sp³-hybridized carbons (Fsp3) is 0.333. The largest absolute Gasteiger partial charge is 0.398 e. The second-order valence-electron chi connectivity index (χ2n) is 4.11. The van der Waals surface area contributed by atoms with Crippen LogP contribution in [0.25, 0.3) is 11.5 Å². The Morgan fingerprint density at radius 2 is 2.22 bits per heavy atom. The van der Waals surface area contributed by atoms with Gasteiger partial charge in [-0.1, -0.05) is 34.9 Å². The summed E-state index contributed by atoms with van der Waals surface area (Å²) in [5, 5.41) is 4.50. The van der Waals surface area contributed by atoms with Gasteiger partial charge in [0.05, 0.1) is 11.3 Å². The van der Waals surface area contributed by atoms with Gasteiger partial charge in [-0.15, -0.1) is 0 Å². The van der Waals surface area contributed by atoms with Crippen LogP contribution in [-0.2, 0) is 5.75 Å². The molecule has 1 heterocycles. The van der Waals surface area contributed by atoms with Crippen LogP contribution >= 0.6 is 27.7 Å². The van der Waals surface area contributed by atoms with Crippen molar-refractivity contribution in [1.29, 1.82) is 0 Å². The molecule has 0 atom stereocenters. The average Bonchev–Trinajstić information content (AvgIpc) is 2.78. The van der Waals surface area contributed by atoms with Gasteiger partial charge < -0.3 is 10.3 Å². The van der Waals surface area contributed by atoms with Gasteiger partial charge in [-0.3, -0.25) is 0 Å². The Balaban J connectivity index is 2.21. The molecule has 1 aromatic heterocycles. The molecule has 2 aromatic rings. The summed E-state index contributed by atoms with van der Waals surface area (Å²) in [5.41, 5.74) is 7.29. The van der Waals surface area contributed by atoms with Crippen LogP contribution < -0.4 is 5.73 Å². The topological polar surface area (TPSA) is 64.9 Å². The Bertz CT molecular complexity index is 542. The van der Waals surface area contributed by atoms with E-state index in [9.17, 15) is 0 Å². The lowest BCUT2D eigenvalue weighted by Gasteiger charge is -2.01. The summed E-state index contributed by atoms with van der Waals surface area (Å²) in [5.74, 6) is 1.91. The number of aromatic nitrogens is 2. The van der Waals surface area contributed by atoms with Crippen molar-refractivity contribution in [2.75, 3.05) is 5.73 Å². The van der Waals surface area contributed by atoms with Gasteiger partial charge in [-0.05, 0) is 23.4 Å². The van der Waals surface area contributed by atoms with Crippen LogP contribution in [0.1, 0.15) is 19.7 Å². The fourth-order valence-electron chi connectivity index (χ4n) is 1.38. The normalized spacial score (nSPS) is 11.1. The molecule has 0 fully saturated rings. The van der Waals surface area contributed by atoms with E-state index < -0.39 is 0 Å². The molecule has 2 N–H and O–H groups in total. The van der Waals surface area contributed by atoms with Crippen molar-refractivity contribution in [3.63, 3.8) is 0 Å². The predicted molar refractivity (Wildman–Crippen MR) is 78.3 cm³/mol. The number of nitrogen functional groups attached to an aromatic ring is 1. The molecule has 18 heavy (non-hydrogen) atoms. The third kappa shape index (κ3) is 3.26. The Morgan fingerprint density at radius 3 is 2.94 bits per heavy atom. The fourth-order valence-corrected chi connectivity index (χ4v) is 2.34. The van der Waals surface area contributed by atoms with E-state index in [0.29, 0.717) is 22.7 Å². The summed E-state index contributed by atoms with van der Waals surface area (Å²) in [6.45, 7) is 4.27. The van der Waals surface area contributed by atoms with Gasteiger partial charge in [-0.25, -0.2) is 0 Å². The Hall–Kier alpha value is -1.01. The van der Waals surface area contributed by atoms with E-state index in [1.807, 2.05) is 18.2 Å². The summed E-state index contributed by atoms with van der Waals surface area (Å²) >= 11 is 5.18. The zero-order valence-electron chi connectivity index (χ0n) is 10.2. The van der Waals surface area contributed by atoms with E-state index in [1.54, 1.807) is 11.8 Å². The minimum atomic E-state index is 0.466. The van der Waals surface area contributed by atoms with Crippen molar-refractivity contribution >= 4 is 33.4 Å². The first-order valence-corrected chi connectivity index (χ1v) is 7.40. The highest BCUT2D eigenvalue weighted by Gasteiger charge is 2.12. The quantitative estimate of drug-likeness (QED) is 0.867. The minimum absolute atomic E-state index is 0.466. The maximum Gasteiger partial charge on any atom is 0.260 e. The molecule has 0 aliphatic rings. The molecule has 0 radical (unpaired) electrons. The number of rotatable bonds is 4. The van der Waals surface area contributed by atoms with Gasteiger partial charge in [0, 0.05) is 10.2 Å². The first-order valence-electron chi connectivity index (χ1n) is 5.56. The number of nitrogens with zero attached hydrogens (tertiary/aromatic N) is 2. The van der Waals surface area contributed by atoms with Gasteiger partial charge in [0.15, 0.2) is 5.82 Å². The van der Waals surface area contributed by atoms with Gasteiger partial charge in [0.25, 0.3) is 5.89 Å². The number of benzene rings is 1. The summed E-state index contributed by atoms with van der Waals surface area (Å²) in [7, 11) is 0. The van der Waals surface area contributed by atoms with E-state index in [1.165, 1.54) is 0 Å². The molecule has 0 amide bonds. The van der Waals surface area contributed by atoms with Crippen molar-refractivity contribution in [2.24, 2.45) is 0 Å². The molecule has 4 nitrogen and oxygen atoms in total. The van der Waals surface area contributed by atoms with Crippen LogP contribution in [0.15, 0.2) is 27.2 Å². The van der Waals surface area contributed by atoms with E-state index in [4.69, 9.17) is 10.3 Å². The molecule has 6 heteroatoms. The number of thioether (sulfide) groups is 1. The average molecular weight is 328 g/mol. The third-order valence-electron chi connectivity index (χ3n) is 2.26. The smallest absolute Gasteiger partial charge is 0.260 e. The first kappa shape index (κ1) is 13.4. The van der Waals surface area contributed by atoms with E-state index in [0.717, 1.165) is 15.8 Å². The van der Waals surface area contributed by atoms with Crippen LogP contribution in [0.2, 0.25) is 0 Å². The van der Waals surface area contributed by atoms with Crippen LogP contribution in [-0.4, -0.2) is 15.4 Å². The second kappa shape index (κ2) is 5.75. The van der Waals surface area contributed by atoms with Gasteiger partial charge in [0.2, 0.25) is 0 Å². The lowest BCUT2D eigenvalue weighted by molar-refractivity contribution is 0.425. The number of anilines is 1. The summed E-state index contributed by atoms with van der Waals surface area (Å²) in [4.78, 5) is 4.35. The van der Waals surface area contributed by atoms with Crippen LogP contribution in [0.5, 0.6) is 0 Å². The van der Waals surface area contributed by atoms with E-state index >= 15 is 0 Å². The van der Waals surface area contributed by atoms with Gasteiger partial charge in [0.1, 0.15) is 0 Å². The number of halogens is 1. The molecule has 0 spiro atoms. The van der Waals surface area contributed by atoms with E-state index in [2.05, 4.69) is 39.9 Å². The number of nitrogens with two attached hydrogens (primary N) is 1. The maximum atomic E-state index is 5.90. The Morgan fingerprint density at radius 1 is 1.44 bits per heavy atom. The second-order valence-corrected chi connectivity index (χ2v) is 6.59. The standard InChI is InChI=1S/C12H14BrN3OS/c1-7(2)18-6-11-15-12(17-16-11)9-5-8(13)3-4-10(9)14/h3-5,7H,6,14H2,1-2H3. The lowest BCUT2D eigenvalue weighted by atomic mass is 10.2. The van der Waals surface area contributed by atoms with Crippen molar-refractivity contribution < 1.29 is 4.52 Å². The first-order chi connectivity index (χ1) is 8.56. The SMILES string of the molecule is CC(C)SCc1noc(-c2cc(Br)ccc2N)n1. The highest BCUT2D eigenvalue weighted by Crippen LogP contribution is 2.28. The van der Waals surface area contributed by atoms with Crippen LogP contribution in [0.4, 0.5) is 5.69 Å². The minimum Gasteiger partial charge on any atom is -0.398 e. The van der Waals surface area contributed by atoms with Crippen molar-refractivity contribution in [1.82, 2.24) is 10.1 Å². The van der Waals surface area contributed by atoms with Crippen LogP contribution in [0.3, 0.4) is 0 Å². The molecule has 0 aliphatic carbocycles. The number of hydrogen-bond donors (Lipinski definition) is 1. The van der Waals surface area contributed by atoms with E-state index in [-0.39, 0.29) is 0 Å². The maximum absolute atomic E-state index is 5.90. The summed E-state index contributed by atoms with van der Waals surface area (Å²) < 4.78 is 6.18. The van der Waals surface area contributed by atoms with Crippen molar-refractivity contribution in [3.05, 3.63) is 28.5 Å². The van der Waals surface area contributed by atoms with Gasteiger partial charge in [-0.2, -0.15) is 16.7 Å². The molecule has 1 aromatic carbocycles. The third-order valence-corrected chi connectivity index (χ3v) is 3.84. The van der Waals surface area contributed by atoms with Crippen LogP contribution in [0, 0.1) is 0 Å². The molecule has 0 saturated heterocycles. The molecular weight excluding hydrogens is 314 g/mol. The zero-order valence-corrected chi connectivity index (χ0v) is 12.6. The molecule has 2 rings (SSSR count). The molecule has 0 aliphatic heterocycles. The summed E-state index contributed by atoms with van der Waals surface area (Å²) in [6.07, 6.45) is 0. The number of hydrogen-bond acceptors (Lipinski definition) is 5. The molecular formula is C12H14BrN3OS. The highest BCUT2D eigenvalue weighted by molar-refractivity contribution is 9.10. The Kier molecular flexibility index (Phi) is 4.29. The molecule has 0 unspecified atom stereocenters. The Labute approximate surface area is 118 Å². The predicted octanol–water partition coefficient (Wildman–Crippen LogP) is 3.72. The van der Waals surface area contributed by atoms with Gasteiger partial charge >= 0.3 is 0 Å². The monoisotopic (exact) mass is 327 g/mol. The molecule has 0 saturated carbocycles.